The van der Waals surface area contributed by atoms with Gasteiger partial charge in [-0.05, 0) is 44.9 Å². The van der Waals surface area contributed by atoms with E-state index in [0.29, 0.717) is 0 Å². The van der Waals surface area contributed by atoms with Crippen LogP contribution in [-0.2, 0) is 4.74 Å². The molecule has 0 aromatic carbocycles. The van der Waals surface area contributed by atoms with Crippen LogP contribution < -0.4 is 11.3 Å². The van der Waals surface area contributed by atoms with Gasteiger partial charge in [0.1, 0.15) is 0 Å². The number of hydrazine groups is 1. The van der Waals surface area contributed by atoms with Crippen molar-refractivity contribution in [3.63, 3.8) is 0 Å². The van der Waals surface area contributed by atoms with Gasteiger partial charge in [0.25, 0.3) is 0 Å². The van der Waals surface area contributed by atoms with E-state index < -0.39 is 0 Å². The zero-order valence-electron chi connectivity index (χ0n) is 11.2. The quantitative estimate of drug-likeness (QED) is 0.424. The summed E-state index contributed by atoms with van der Waals surface area (Å²) in [5, 5.41) is 0. The van der Waals surface area contributed by atoms with Crippen molar-refractivity contribution in [1.82, 2.24) is 5.43 Å². The summed E-state index contributed by atoms with van der Waals surface area (Å²) < 4.78 is 6.06. The zero-order chi connectivity index (χ0) is 12.7. The van der Waals surface area contributed by atoms with E-state index in [-0.39, 0.29) is 11.6 Å². The molecule has 0 heterocycles. The van der Waals surface area contributed by atoms with Gasteiger partial charge in [-0.3, -0.25) is 11.3 Å². The molecule has 3 N–H and O–H groups in total. The molecule has 1 fully saturated rings. The fourth-order valence-corrected chi connectivity index (χ4v) is 2.86. The summed E-state index contributed by atoms with van der Waals surface area (Å²) >= 11 is 0. The van der Waals surface area contributed by atoms with Crippen LogP contribution in [-0.4, -0.2) is 18.2 Å². The molecule has 98 valence electrons. The van der Waals surface area contributed by atoms with Crippen LogP contribution in [0, 0.1) is 18.3 Å². The molecule has 0 radical (unpaired) electrons. The van der Waals surface area contributed by atoms with Crippen LogP contribution >= 0.6 is 0 Å². The fraction of sp³-hybridized carbons (Fsp3) is 0.857. The Morgan fingerprint density at radius 2 is 2.18 bits per heavy atom. The maximum Gasteiger partial charge on any atom is 0.0848 e. The van der Waals surface area contributed by atoms with E-state index in [1.807, 2.05) is 0 Å². The summed E-state index contributed by atoms with van der Waals surface area (Å²) in [7, 11) is 0. The third-order valence-corrected chi connectivity index (χ3v) is 3.97. The average Bonchev–Trinajstić information content (AvgIpc) is 2.34. The Balaban J connectivity index is 2.70. The second-order valence-corrected chi connectivity index (χ2v) is 5.14. The number of rotatable bonds is 6. The average molecular weight is 238 g/mol. The van der Waals surface area contributed by atoms with Crippen LogP contribution in [0.15, 0.2) is 0 Å². The molecular weight excluding hydrogens is 212 g/mol. The highest BCUT2D eigenvalue weighted by Gasteiger charge is 2.41. The third kappa shape index (κ3) is 3.70. The fourth-order valence-electron chi connectivity index (χ4n) is 2.86. The molecule has 0 aliphatic heterocycles. The predicted octanol–water partition coefficient (Wildman–Crippen LogP) is 2.22. The molecule has 1 atom stereocenters. The molecule has 3 nitrogen and oxygen atoms in total. The molecule has 1 rings (SSSR count). The standard InChI is InChI=1S/C14H26N2O/c1-4-6-7-13(16-15)14(17-5-2)10-8-12(3)9-11-14/h1,12-13,16H,5-11,15H2,2-3H3. The summed E-state index contributed by atoms with van der Waals surface area (Å²) in [6.07, 6.45) is 11.6. The van der Waals surface area contributed by atoms with Crippen molar-refractivity contribution in [2.45, 2.75) is 64.0 Å². The van der Waals surface area contributed by atoms with Gasteiger partial charge in [-0.1, -0.05) is 6.92 Å². The number of nitrogens with one attached hydrogen (secondary N) is 1. The minimum Gasteiger partial charge on any atom is -0.374 e. The van der Waals surface area contributed by atoms with E-state index >= 15 is 0 Å². The molecule has 0 bridgehead atoms. The molecule has 0 aromatic rings. The topological polar surface area (TPSA) is 47.3 Å². The molecule has 1 aliphatic carbocycles. The first-order valence-corrected chi connectivity index (χ1v) is 6.72. The zero-order valence-corrected chi connectivity index (χ0v) is 11.2. The van der Waals surface area contributed by atoms with Crippen LogP contribution in [0.4, 0.5) is 0 Å². The first-order chi connectivity index (χ1) is 8.18. The monoisotopic (exact) mass is 238 g/mol. The van der Waals surface area contributed by atoms with E-state index in [2.05, 4.69) is 25.2 Å². The third-order valence-electron chi connectivity index (χ3n) is 3.97. The summed E-state index contributed by atoms with van der Waals surface area (Å²) in [5.41, 5.74) is 2.82. The van der Waals surface area contributed by atoms with Crippen molar-refractivity contribution in [3.05, 3.63) is 0 Å². The summed E-state index contributed by atoms with van der Waals surface area (Å²) in [6, 6.07) is 0.172. The van der Waals surface area contributed by atoms with E-state index in [0.717, 1.165) is 38.2 Å². The van der Waals surface area contributed by atoms with Gasteiger partial charge in [0, 0.05) is 13.0 Å². The SMILES string of the molecule is C#CCCC(NN)C1(OCC)CCC(C)CC1. The minimum atomic E-state index is -0.104. The normalized spacial score (nSPS) is 30.8. The Labute approximate surface area is 105 Å². The summed E-state index contributed by atoms with van der Waals surface area (Å²) in [6.45, 7) is 5.10. The van der Waals surface area contributed by atoms with Gasteiger partial charge in [0.05, 0.1) is 11.6 Å². The Morgan fingerprint density at radius 3 is 2.65 bits per heavy atom. The molecule has 3 heteroatoms. The Bertz CT molecular complexity index is 251. The summed E-state index contributed by atoms with van der Waals surface area (Å²) in [5.74, 6) is 9.19. The minimum absolute atomic E-state index is 0.104. The highest BCUT2D eigenvalue weighted by atomic mass is 16.5. The number of hydrogen-bond donors (Lipinski definition) is 2. The number of terminal acetylenes is 1. The van der Waals surface area contributed by atoms with Crippen LogP contribution in [0.2, 0.25) is 0 Å². The molecular formula is C14H26N2O. The van der Waals surface area contributed by atoms with Gasteiger partial charge < -0.3 is 4.74 Å². The van der Waals surface area contributed by atoms with Gasteiger partial charge in [-0.2, -0.15) is 0 Å². The van der Waals surface area contributed by atoms with Crippen LogP contribution in [0.3, 0.4) is 0 Å². The predicted molar refractivity (Wildman–Crippen MR) is 71.2 cm³/mol. The molecule has 0 saturated heterocycles. The second kappa shape index (κ2) is 7.00. The first kappa shape index (κ1) is 14.5. The van der Waals surface area contributed by atoms with Crippen molar-refractivity contribution in [1.29, 1.82) is 0 Å². The van der Waals surface area contributed by atoms with Crippen molar-refractivity contribution in [3.8, 4) is 12.3 Å². The van der Waals surface area contributed by atoms with Gasteiger partial charge in [0.15, 0.2) is 0 Å². The molecule has 0 aromatic heterocycles. The molecule has 1 saturated carbocycles. The van der Waals surface area contributed by atoms with Gasteiger partial charge in [0.2, 0.25) is 0 Å². The van der Waals surface area contributed by atoms with Gasteiger partial charge in [-0.15, -0.1) is 12.3 Å². The highest BCUT2D eigenvalue weighted by molar-refractivity contribution is 4.98. The largest absolute Gasteiger partial charge is 0.374 e. The Hall–Kier alpha value is -0.560. The number of nitrogens with two attached hydrogens (primary N) is 1. The summed E-state index contributed by atoms with van der Waals surface area (Å²) in [4.78, 5) is 0. The van der Waals surface area contributed by atoms with Crippen molar-refractivity contribution in [2.24, 2.45) is 11.8 Å². The lowest BCUT2D eigenvalue weighted by Gasteiger charge is -2.44. The maximum atomic E-state index is 6.06. The molecule has 1 unspecified atom stereocenters. The van der Waals surface area contributed by atoms with Crippen LogP contribution in [0.5, 0.6) is 0 Å². The Kier molecular flexibility index (Phi) is 5.97. The maximum absolute atomic E-state index is 6.06. The lowest BCUT2D eigenvalue weighted by atomic mass is 9.74. The van der Waals surface area contributed by atoms with E-state index in [1.165, 1.54) is 12.8 Å². The number of ether oxygens (including phenoxy) is 1. The van der Waals surface area contributed by atoms with Crippen LogP contribution in [0.1, 0.15) is 52.4 Å². The highest BCUT2D eigenvalue weighted by Crippen LogP contribution is 2.38. The van der Waals surface area contributed by atoms with Gasteiger partial charge >= 0.3 is 0 Å². The van der Waals surface area contributed by atoms with E-state index in [1.54, 1.807) is 0 Å². The van der Waals surface area contributed by atoms with Gasteiger partial charge in [-0.25, -0.2) is 0 Å². The Morgan fingerprint density at radius 1 is 1.53 bits per heavy atom. The van der Waals surface area contributed by atoms with Crippen molar-refractivity contribution in [2.75, 3.05) is 6.61 Å². The van der Waals surface area contributed by atoms with Crippen LogP contribution in [0.25, 0.3) is 0 Å². The molecule has 1 aliphatic rings. The molecule has 0 spiro atoms. The molecule has 0 amide bonds. The smallest absolute Gasteiger partial charge is 0.0848 e. The van der Waals surface area contributed by atoms with Crippen molar-refractivity contribution >= 4 is 0 Å². The van der Waals surface area contributed by atoms with Crippen molar-refractivity contribution < 1.29 is 4.74 Å². The second-order valence-electron chi connectivity index (χ2n) is 5.14. The van der Waals surface area contributed by atoms with E-state index in [9.17, 15) is 0 Å². The first-order valence-electron chi connectivity index (χ1n) is 6.72. The molecule has 17 heavy (non-hydrogen) atoms. The number of hydrogen-bond acceptors (Lipinski definition) is 3. The van der Waals surface area contributed by atoms with E-state index in [4.69, 9.17) is 17.0 Å². The lowest BCUT2D eigenvalue weighted by molar-refractivity contribution is -0.0975. The lowest BCUT2D eigenvalue weighted by Crippen LogP contribution is -2.56.